The summed E-state index contributed by atoms with van der Waals surface area (Å²) in [6.45, 7) is 8.77. The molecule has 0 radical (unpaired) electrons. The van der Waals surface area contributed by atoms with Gasteiger partial charge in [0.1, 0.15) is 5.82 Å². The molecule has 0 N–H and O–H groups in total. The lowest BCUT2D eigenvalue weighted by Crippen LogP contribution is -2.25. The van der Waals surface area contributed by atoms with Gasteiger partial charge in [0.05, 0.1) is 39.7 Å². The SMILES string of the molecule is CCC(CC(C)c1ccccc1)c1ccc(N(c2ccccc2)c2cc(-c3ccc(F)nc3F)nc(C(C)(C)c3cc(N(c4ccccc4)c4ccccc4)cc(-n4cccc4-c4ccccc4)n3)c2)cc1. The topological polar surface area (TPSA) is 50.1 Å². The van der Waals surface area contributed by atoms with Crippen molar-refractivity contribution in [2.45, 2.75) is 57.8 Å². The average Bonchev–Trinajstić information content (AvgIpc) is 3.92. The molecule has 0 amide bonds. The second-order valence-corrected chi connectivity index (χ2v) is 18.8. The van der Waals surface area contributed by atoms with E-state index < -0.39 is 17.3 Å². The minimum absolute atomic E-state index is 0.0820. The third-order valence-corrected chi connectivity index (χ3v) is 13.7. The van der Waals surface area contributed by atoms with E-state index in [0.29, 0.717) is 29.0 Å². The molecule has 0 saturated carbocycles. The first-order chi connectivity index (χ1) is 35.1. The molecule has 0 bridgehead atoms. The normalized spacial score (nSPS) is 12.3. The second kappa shape index (κ2) is 20.8. The van der Waals surface area contributed by atoms with Crippen LogP contribution in [0.25, 0.3) is 28.3 Å². The molecule has 6 aromatic carbocycles. The first-order valence-electron chi connectivity index (χ1n) is 24.7. The van der Waals surface area contributed by atoms with Crippen molar-refractivity contribution in [1.82, 2.24) is 19.5 Å². The summed E-state index contributed by atoms with van der Waals surface area (Å²) in [6, 6.07) is 75.5. The maximum absolute atomic E-state index is 16.0. The summed E-state index contributed by atoms with van der Waals surface area (Å²) in [7, 11) is 0. The molecule has 8 heteroatoms. The predicted molar refractivity (Wildman–Crippen MR) is 290 cm³/mol. The smallest absolute Gasteiger partial charge is 0.224 e. The van der Waals surface area contributed by atoms with E-state index in [0.717, 1.165) is 63.9 Å². The summed E-state index contributed by atoms with van der Waals surface area (Å²) in [5, 5.41) is 0. The summed E-state index contributed by atoms with van der Waals surface area (Å²) in [4.78, 5) is 18.8. The Morgan fingerprint density at radius 2 is 1.01 bits per heavy atom. The van der Waals surface area contributed by atoms with Crippen molar-refractivity contribution in [2.24, 2.45) is 0 Å². The summed E-state index contributed by atoms with van der Waals surface area (Å²) in [5.74, 6) is -0.390. The van der Waals surface area contributed by atoms with Gasteiger partial charge in [-0.05, 0) is 146 Å². The molecule has 2 unspecified atom stereocenters. The molecule has 356 valence electrons. The number of rotatable bonds is 16. The van der Waals surface area contributed by atoms with Crippen LogP contribution in [0.4, 0.5) is 42.9 Å². The number of anilines is 6. The molecule has 0 fully saturated rings. The number of aromatic nitrogens is 4. The molecule has 0 aliphatic heterocycles. The van der Waals surface area contributed by atoms with E-state index in [-0.39, 0.29) is 5.56 Å². The van der Waals surface area contributed by atoms with Gasteiger partial charge in [-0.25, -0.2) is 4.98 Å². The molecule has 6 nitrogen and oxygen atoms in total. The first kappa shape index (κ1) is 47.2. The average molecular weight is 947 g/mol. The number of hydrogen-bond donors (Lipinski definition) is 0. The van der Waals surface area contributed by atoms with Gasteiger partial charge in [0.25, 0.3) is 0 Å². The van der Waals surface area contributed by atoms with Crippen LogP contribution >= 0.6 is 0 Å². The first-order valence-corrected chi connectivity index (χ1v) is 24.7. The van der Waals surface area contributed by atoms with Gasteiger partial charge in [0, 0.05) is 40.4 Å². The standard InChI is InChI=1S/C64H56F2N6/c1-5-46(40-45(2)47-22-11-6-12-23-47)48-33-35-53(36-34-48)72(52-30-19-10-20-31-52)54-41-57(56-37-38-61(65)69-63(56)66)67-59(42-54)64(3,4)60-43-55(71(50-26-15-8-16-27-50)51-28-17-9-18-29-51)44-62(68-60)70-39-21-32-58(70)49-24-13-7-14-25-49/h6-39,41-46H,5,40H2,1-4H3. The molecule has 4 aromatic heterocycles. The van der Waals surface area contributed by atoms with Crippen molar-refractivity contribution < 1.29 is 8.78 Å². The summed E-state index contributed by atoms with van der Waals surface area (Å²) < 4.78 is 32.7. The molecular formula is C64H56F2N6. The van der Waals surface area contributed by atoms with Crippen LogP contribution in [0.15, 0.2) is 231 Å². The fourth-order valence-electron chi connectivity index (χ4n) is 9.74. The van der Waals surface area contributed by atoms with E-state index in [4.69, 9.17) is 9.97 Å². The number of nitrogens with zero attached hydrogens (tertiary/aromatic N) is 6. The Morgan fingerprint density at radius 3 is 1.57 bits per heavy atom. The van der Waals surface area contributed by atoms with Crippen LogP contribution in [0, 0.1) is 11.9 Å². The van der Waals surface area contributed by atoms with Crippen LogP contribution in [-0.4, -0.2) is 19.5 Å². The monoisotopic (exact) mass is 946 g/mol. The van der Waals surface area contributed by atoms with Crippen LogP contribution in [0.2, 0.25) is 0 Å². The van der Waals surface area contributed by atoms with Gasteiger partial charge in [0.15, 0.2) is 0 Å². The van der Waals surface area contributed by atoms with Gasteiger partial charge in [-0.1, -0.05) is 141 Å². The van der Waals surface area contributed by atoms with Gasteiger partial charge in [-0.3, -0.25) is 4.98 Å². The summed E-state index contributed by atoms with van der Waals surface area (Å²) >= 11 is 0. The highest BCUT2D eigenvalue weighted by Gasteiger charge is 2.32. The Balaban J connectivity index is 1.15. The second-order valence-electron chi connectivity index (χ2n) is 18.8. The minimum atomic E-state index is -0.945. The van der Waals surface area contributed by atoms with Gasteiger partial charge in [-0.2, -0.15) is 13.8 Å². The molecule has 10 rings (SSSR count). The molecule has 72 heavy (non-hydrogen) atoms. The molecule has 10 aromatic rings. The quantitative estimate of drug-likeness (QED) is 0.0904. The van der Waals surface area contributed by atoms with Crippen LogP contribution in [0.3, 0.4) is 0 Å². The molecule has 0 spiro atoms. The lowest BCUT2D eigenvalue weighted by atomic mass is 9.83. The largest absolute Gasteiger partial charge is 0.310 e. The zero-order chi connectivity index (χ0) is 49.6. The van der Waals surface area contributed by atoms with E-state index in [1.165, 1.54) is 23.3 Å². The van der Waals surface area contributed by atoms with Crippen LogP contribution in [0.1, 0.15) is 74.9 Å². The highest BCUT2D eigenvalue weighted by Crippen LogP contribution is 2.44. The highest BCUT2D eigenvalue weighted by molar-refractivity contribution is 5.81. The highest BCUT2D eigenvalue weighted by atomic mass is 19.1. The van der Waals surface area contributed by atoms with Crippen LogP contribution in [-0.2, 0) is 5.41 Å². The van der Waals surface area contributed by atoms with Crippen molar-refractivity contribution in [3.63, 3.8) is 0 Å². The molecular weight excluding hydrogens is 891 g/mol. The van der Waals surface area contributed by atoms with Crippen molar-refractivity contribution in [3.05, 3.63) is 265 Å². The molecule has 0 aliphatic carbocycles. The third-order valence-electron chi connectivity index (χ3n) is 13.7. The van der Waals surface area contributed by atoms with E-state index in [9.17, 15) is 4.39 Å². The van der Waals surface area contributed by atoms with Crippen molar-refractivity contribution in [2.75, 3.05) is 9.80 Å². The fraction of sp³-hybridized carbons (Fsp3) is 0.141. The molecule has 4 heterocycles. The Bertz CT molecular complexity index is 3340. The Labute approximate surface area is 421 Å². The summed E-state index contributed by atoms with van der Waals surface area (Å²) in [5.41, 5.74) is 10.8. The van der Waals surface area contributed by atoms with E-state index >= 15 is 4.39 Å². The number of benzene rings is 6. The number of pyridine rings is 3. The van der Waals surface area contributed by atoms with Gasteiger partial charge < -0.3 is 14.4 Å². The maximum atomic E-state index is 16.0. The molecule has 2 atom stereocenters. The Morgan fingerprint density at radius 1 is 0.500 bits per heavy atom. The van der Waals surface area contributed by atoms with Gasteiger partial charge in [0.2, 0.25) is 11.9 Å². The van der Waals surface area contributed by atoms with Crippen molar-refractivity contribution in [1.29, 1.82) is 0 Å². The van der Waals surface area contributed by atoms with Gasteiger partial charge in [-0.15, -0.1) is 0 Å². The minimum Gasteiger partial charge on any atom is -0.310 e. The Kier molecular flexibility index (Phi) is 13.7. The van der Waals surface area contributed by atoms with Gasteiger partial charge >= 0.3 is 0 Å². The number of halogens is 2. The van der Waals surface area contributed by atoms with Crippen molar-refractivity contribution in [3.8, 4) is 28.3 Å². The van der Waals surface area contributed by atoms with Crippen LogP contribution in [0.5, 0.6) is 0 Å². The zero-order valence-corrected chi connectivity index (χ0v) is 40.9. The molecule has 0 aliphatic rings. The lowest BCUT2D eigenvalue weighted by Gasteiger charge is -2.31. The maximum Gasteiger partial charge on any atom is 0.224 e. The zero-order valence-electron chi connectivity index (χ0n) is 40.9. The van der Waals surface area contributed by atoms with Crippen LogP contribution < -0.4 is 9.80 Å². The third kappa shape index (κ3) is 9.94. The van der Waals surface area contributed by atoms with E-state index in [1.807, 2.05) is 91.1 Å². The molecule has 0 saturated heterocycles. The predicted octanol–water partition coefficient (Wildman–Crippen LogP) is 17.2. The number of para-hydroxylation sites is 3. The lowest BCUT2D eigenvalue weighted by molar-refractivity contribution is 0.514. The fourth-order valence-corrected chi connectivity index (χ4v) is 9.74. The summed E-state index contributed by atoms with van der Waals surface area (Å²) in [6.07, 6.45) is 4.07. The van der Waals surface area contributed by atoms with E-state index in [2.05, 4.69) is 174 Å². The number of hydrogen-bond acceptors (Lipinski definition) is 5. The van der Waals surface area contributed by atoms with E-state index in [1.54, 1.807) is 0 Å². The van der Waals surface area contributed by atoms with Crippen molar-refractivity contribution >= 4 is 34.1 Å². The Hall–Kier alpha value is -8.49.